The zero-order valence-corrected chi connectivity index (χ0v) is 15.7. The predicted molar refractivity (Wildman–Crippen MR) is 108 cm³/mol. The zero-order valence-electron chi connectivity index (χ0n) is 14.9. The summed E-state index contributed by atoms with van der Waals surface area (Å²) in [7, 11) is 0. The highest BCUT2D eigenvalue weighted by atomic mass is 35.5. The predicted octanol–water partition coefficient (Wildman–Crippen LogP) is 4.94. The number of benzene rings is 3. The quantitative estimate of drug-likeness (QED) is 0.550. The van der Waals surface area contributed by atoms with Crippen LogP contribution in [0.4, 0.5) is 5.69 Å². The Hall–Kier alpha value is -3.18. The summed E-state index contributed by atoms with van der Waals surface area (Å²) in [6, 6.07) is 18.4. The fraction of sp³-hybridized carbons (Fsp3) is 0.0952. The molecule has 0 bridgehead atoms. The lowest BCUT2D eigenvalue weighted by Crippen LogP contribution is -2.11. The minimum absolute atomic E-state index is 0.224. The fourth-order valence-electron chi connectivity index (χ4n) is 2.79. The number of aromatic nitrogens is 3. The van der Waals surface area contributed by atoms with Crippen LogP contribution in [0.3, 0.4) is 0 Å². The minimum atomic E-state index is -0.224. The van der Waals surface area contributed by atoms with Gasteiger partial charge >= 0.3 is 0 Å². The first kappa shape index (κ1) is 17.2. The molecule has 4 rings (SSSR count). The molecule has 1 N–H and O–H groups in total. The summed E-state index contributed by atoms with van der Waals surface area (Å²) in [5.41, 5.74) is 5.93. The monoisotopic (exact) mass is 376 g/mol. The lowest BCUT2D eigenvalue weighted by Gasteiger charge is -2.05. The number of carbonyl (C=O) groups is 1. The molecule has 0 saturated heterocycles. The van der Waals surface area contributed by atoms with Crippen LogP contribution in [0.5, 0.6) is 0 Å². The summed E-state index contributed by atoms with van der Waals surface area (Å²) < 4.78 is 0. The van der Waals surface area contributed by atoms with E-state index < -0.39 is 0 Å². The topological polar surface area (TPSA) is 59.8 Å². The largest absolute Gasteiger partial charge is 0.322 e. The van der Waals surface area contributed by atoms with Crippen LogP contribution < -0.4 is 5.32 Å². The Morgan fingerprint density at radius 1 is 0.926 bits per heavy atom. The number of anilines is 1. The maximum atomic E-state index is 12.4. The van der Waals surface area contributed by atoms with Gasteiger partial charge in [-0.25, -0.2) is 0 Å². The third kappa shape index (κ3) is 3.55. The van der Waals surface area contributed by atoms with Gasteiger partial charge in [-0.1, -0.05) is 23.7 Å². The number of amides is 1. The number of fused-ring (bicyclic) bond motifs is 1. The highest BCUT2D eigenvalue weighted by molar-refractivity contribution is 6.31. The van der Waals surface area contributed by atoms with Gasteiger partial charge in [-0.3, -0.25) is 4.79 Å². The van der Waals surface area contributed by atoms with Crippen LogP contribution in [-0.4, -0.2) is 20.9 Å². The van der Waals surface area contributed by atoms with E-state index >= 15 is 0 Å². The van der Waals surface area contributed by atoms with Crippen molar-refractivity contribution in [2.75, 3.05) is 5.32 Å². The Kier molecular flexibility index (Phi) is 4.38. The number of aryl methyl sites for hydroxylation is 2. The van der Waals surface area contributed by atoms with Crippen LogP contribution in [0.2, 0.25) is 5.02 Å². The molecule has 0 saturated carbocycles. The molecule has 0 aliphatic rings. The third-order valence-corrected chi connectivity index (χ3v) is 4.68. The summed E-state index contributed by atoms with van der Waals surface area (Å²) in [6.07, 6.45) is 0. The molecule has 0 fully saturated rings. The zero-order chi connectivity index (χ0) is 19.0. The van der Waals surface area contributed by atoms with Gasteiger partial charge in [-0.05, 0) is 73.5 Å². The molecule has 4 aromatic rings. The van der Waals surface area contributed by atoms with Gasteiger partial charge in [-0.2, -0.15) is 4.80 Å². The van der Waals surface area contributed by atoms with Gasteiger partial charge in [0.25, 0.3) is 5.91 Å². The summed E-state index contributed by atoms with van der Waals surface area (Å²) in [5.74, 6) is -0.224. The Morgan fingerprint density at radius 3 is 2.52 bits per heavy atom. The molecule has 0 spiro atoms. The van der Waals surface area contributed by atoms with Gasteiger partial charge < -0.3 is 5.32 Å². The summed E-state index contributed by atoms with van der Waals surface area (Å²) >= 11 is 5.95. The molecule has 27 heavy (non-hydrogen) atoms. The van der Waals surface area contributed by atoms with E-state index in [2.05, 4.69) is 41.5 Å². The van der Waals surface area contributed by atoms with Crippen molar-refractivity contribution in [3.63, 3.8) is 0 Å². The Bertz CT molecular complexity index is 1170. The van der Waals surface area contributed by atoms with Gasteiger partial charge in [0.15, 0.2) is 0 Å². The molecule has 6 heteroatoms. The van der Waals surface area contributed by atoms with Crippen molar-refractivity contribution in [3.8, 4) is 5.69 Å². The third-order valence-electron chi connectivity index (χ3n) is 4.45. The number of nitrogens with zero attached hydrogens (tertiary/aromatic N) is 3. The highest BCUT2D eigenvalue weighted by Gasteiger charge is 2.10. The lowest BCUT2D eigenvalue weighted by molar-refractivity contribution is 0.102. The fourth-order valence-corrected chi connectivity index (χ4v) is 2.98. The maximum absolute atomic E-state index is 12.4. The first-order chi connectivity index (χ1) is 13.0. The van der Waals surface area contributed by atoms with Crippen LogP contribution >= 0.6 is 11.6 Å². The molecular formula is C21H17ClN4O. The first-order valence-electron chi connectivity index (χ1n) is 8.51. The van der Waals surface area contributed by atoms with Gasteiger partial charge in [-0.15, -0.1) is 10.2 Å². The van der Waals surface area contributed by atoms with Gasteiger partial charge in [0.05, 0.1) is 5.69 Å². The molecule has 0 radical (unpaired) electrons. The van der Waals surface area contributed by atoms with Crippen molar-refractivity contribution in [1.82, 2.24) is 15.0 Å². The van der Waals surface area contributed by atoms with E-state index in [4.69, 9.17) is 11.6 Å². The normalized spacial score (nSPS) is 10.9. The Labute approximate surface area is 161 Å². The van der Waals surface area contributed by atoms with Crippen molar-refractivity contribution in [2.45, 2.75) is 13.8 Å². The molecular weight excluding hydrogens is 360 g/mol. The second kappa shape index (κ2) is 6.85. The second-order valence-electron chi connectivity index (χ2n) is 6.43. The van der Waals surface area contributed by atoms with Crippen molar-refractivity contribution >= 4 is 34.2 Å². The average Bonchev–Trinajstić information content (AvgIpc) is 3.07. The number of hydrogen-bond acceptors (Lipinski definition) is 3. The maximum Gasteiger partial charge on any atom is 0.255 e. The Balaban J connectivity index is 1.62. The smallest absolute Gasteiger partial charge is 0.255 e. The molecule has 1 heterocycles. The average molecular weight is 377 g/mol. The van der Waals surface area contributed by atoms with Gasteiger partial charge in [0.2, 0.25) is 0 Å². The van der Waals surface area contributed by atoms with Crippen LogP contribution in [0, 0.1) is 13.8 Å². The van der Waals surface area contributed by atoms with Gasteiger partial charge in [0.1, 0.15) is 11.0 Å². The number of rotatable bonds is 3. The second-order valence-corrected chi connectivity index (χ2v) is 6.86. The van der Waals surface area contributed by atoms with Crippen molar-refractivity contribution < 1.29 is 4.79 Å². The summed E-state index contributed by atoms with van der Waals surface area (Å²) in [6.45, 7) is 4.13. The van der Waals surface area contributed by atoms with Crippen LogP contribution in [0.25, 0.3) is 16.7 Å². The minimum Gasteiger partial charge on any atom is -0.322 e. The van der Waals surface area contributed by atoms with Crippen molar-refractivity contribution in [1.29, 1.82) is 0 Å². The number of hydrogen-bond donors (Lipinski definition) is 1. The first-order valence-corrected chi connectivity index (χ1v) is 8.89. The molecule has 0 atom stereocenters. The number of halogens is 1. The van der Waals surface area contributed by atoms with E-state index in [0.29, 0.717) is 21.8 Å². The SMILES string of the molecule is Cc1ccc(-n2nc3ccc(NC(=O)c4cccc(Cl)c4)cc3n2)cc1C. The van der Waals surface area contributed by atoms with E-state index in [1.807, 2.05) is 24.3 Å². The van der Waals surface area contributed by atoms with E-state index in [1.54, 1.807) is 29.1 Å². The molecule has 0 aliphatic heterocycles. The number of carbonyl (C=O) groups excluding carboxylic acids is 1. The van der Waals surface area contributed by atoms with Crippen molar-refractivity contribution in [2.24, 2.45) is 0 Å². The van der Waals surface area contributed by atoms with E-state index in [-0.39, 0.29) is 5.91 Å². The van der Waals surface area contributed by atoms with Gasteiger partial charge in [0, 0.05) is 16.3 Å². The van der Waals surface area contributed by atoms with E-state index in [9.17, 15) is 4.79 Å². The summed E-state index contributed by atoms with van der Waals surface area (Å²) in [5, 5.41) is 12.5. The van der Waals surface area contributed by atoms with E-state index in [0.717, 1.165) is 11.2 Å². The molecule has 3 aromatic carbocycles. The molecule has 1 aromatic heterocycles. The van der Waals surface area contributed by atoms with Crippen LogP contribution in [0.15, 0.2) is 60.7 Å². The lowest BCUT2D eigenvalue weighted by atomic mass is 10.1. The molecule has 0 aliphatic carbocycles. The summed E-state index contributed by atoms with van der Waals surface area (Å²) in [4.78, 5) is 14.0. The van der Waals surface area contributed by atoms with Crippen molar-refractivity contribution in [3.05, 3.63) is 82.4 Å². The molecule has 5 nitrogen and oxygen atoms in total. The molecule has 1 amide bonds. The number of nitrogens with one attached hydrogen (secondary N) is 1. The standard InChI is InChI=1S/C21H17ClN4O/c1-13-6-8-18(10-14(13)2)26-24-19-9-7-17(12-20(19)25-26)23-21(27)15-4-3-5-16(22)11-15/h3-12H,1-2H3,(H,23,27). The van der Waals surface area contributed by atoms with Crippen LogP contribution in [-0.2, 0) is 0 Å². The van der Waals surface area contributed by atoms with E-state index in [1.165, 1.54) is 11.1 Å². The molecule has 0 unspecified atom stereocenters. The highest BCUT2D eigenvalue weighted by Crippen LogP contribution is 2.20. The van der Waals surface area contributed by atoms with Crippen LogP contribution in [0.1, 0.15) is 21.5 Å². The Morgan fingerprint density at radius 2 is 1.74 bits per heavy atom. The molecule has 134 valence electrons.